The third kappa shape index (κ3) is 3.41. The molecule has 3 N–H and O–H groups in total. The molecular weight excluding hydrogens is 260 g/mol. The van der Waals surface area contributed by atoms with Crippen molar-refractivity contribution in [2.45, 2.75) is 31.7 Å². The van der Waals surface area contributed by atoms with Gasteiger partial charge in [-0.05, 0) is 25.7 Å². The zero-order valence-electron chi connectivity index (χ0n) is 10.0. The fourth-order valence-electron chi connectivity index (χ4n) is 1.92. The van der Waals surface area contributed by atoms with E-state index >= 15 is 0 Å². The predicted octanol–water partition coefficient (Wildman–Crippen LogP) is -0.546. The van der Waals surface area contributed by atoms with Crippen molar-refractivity contribution in [1.82, 2.24) is 9.44 Å². The minimum Gasteiger partial charge on any atom is -0.481 e. The van der Waals surface area contributed by atoms with E-state index in [4.69, 9.17) is 4.74 Å². The van der Waals surface area contributed by atoms with Gasteiger partial charge < -0.3 is 9.84 Å². The second-order valence-electron chi connectivity index (χ2n) is 4.91. The lowest BCUT2D eigenvalue weighted by Crippen LogP contribution is -2.49. The minimum absolute atomic E-state index is 0.0120. The molecule has 0 aromatic rings. The van der Waals surface area contributed by atoms with Gasteiger partial charge in [-0.3, -0.25) is 4.79 Å². The van der Waals surface area contributed by atoms with Crippen LogP contribution in [0.4, 0.5) is 0 Å². The molecule has 0 bridgehead atoms. The number of ether oxygens (including phenoxy) is 1. The highest BCUT2D eigenvalue weighted by Crippen LogP contribution is 2.30. The van der Waals surface area contributed by atoms with Gasteiger partial charge in [-0.2, -0.15) is 13.1 Å². The maximum atomic E-state index is 11.6. The molecule has 18 heavy (non-hydrogen) atoms. The fraction of sp³-hybridized carbons (Fsp3) is 0.900. The van der Waals surface area contributed by atoms with Gasteiger partial charge in [-0.1, -0.05) is 0 Å². The summed E-state index contributed by atoms with van der Waals surface area (Å²) in [5, 5.41) is 9.27. The highest BCUT2D eigenvalue weighted by atomic mass is 32.2. The molecule has 104 valence electrons. The summed E-state index contributed by atoms with van der Waals surface area (Å²) in [5.41, 5.74) is -1.05. The molecule has 2 aliphatic rings. The molecule has 1 saturated carbocycles. The fourth-order valence-corrected chi connectivity index (χ4v) is 3.15. The maximum absolute atomic E-state index is 11.6. The number of carboxylic acids is 1. The summed E-state index contributed by atoms with van der Waals surface area (Å²) in [6.07, 6.45) is 2.35. The van der Waals surface area contributed by atoms with Crippen molar-refractivity contribution >= 4 is 16.2 Å². The number of nitrogens with one attached hydrogen (secondary N) is 2. The van der Waals surface area contributed by atoms with Crippen LogP contribution in [0.2, 0.25) is 0 Å². The van der Waals surface area contributed by atoms with E-state index in [1.165, 1.54) is 0 Å². The predicted molar refractivity (Wildman–Crippen MR) is 63.2 cm³/mol. The maximum Gasteiger partial charge on any atom is 0.311 e. The average Bonchev–Trinajstić information content (AvgIpc) is 3.11. The smallest absolute Gasteiger partial charge is 0.311 e. The van der Waals surface area contributed by atoms with Crippen LogP contribution in [-0.2, 0) is 19.7 Å². The summed E-state index contributed by atoms with van der Waals surface area (Å²) in [5.74, 6) is -0.972. The lowest BCUT2D eigenvalue weighted by atomic mass is 9.80. The van der Waals surface area contributed by atoms with Crippen LogP contribution >= 0.6 is 0 Å². The van der Waals surface area contributed by atoms with Crippen molar-refractivity contribution in [2.24, 2.45) is 5.41 Å². The van der Waals surface area contributed by atoms with Crippen LogP contribution in [-0.4, -0.2) is 45.3 Å². The highest BCUT2D eigenvalue weighted by molar-refractivity contribution is 7.87. The molecule has 0 atom stereocenters. The molecule has 1 aliphatic carbocycles. The Morgan fingerprint density at radius 1 is 1.33 bits per heavy atom. The van der Waals surface area contributed by atoms with E-state index in [-0.39, 0.29) is 12.6 Å². The Morgan fingerprint density at radius 2 is 1.94 bits per heavy atom. The van der Waals surface area contributed by atoms with Gasteiger partial charge in [0.25, 0.3) is 10.2 Å². The summed E-state index contributed by atoms with van der Waals surface area (Å²) >= 11 is 0. The van der Waals surface area contributed by atoms with Gasteiger partial charge in [0.05, 0.1) is 5.41 Å². The highest BCUT2D eigenvalue weighted by Gasteiger charge is 2.41. The normalized spacial score (nSPS) is 23.8. The zero-order chi connectivity index (χ0) is 13.2. The second kappa shape index (κ2) is 5.12. The van der Waals surface area contributed by atoms with E-state index in [0.29, 0.717) is 26.1 Å². The summed E-state index contributed by atoms with van der Waals surface area (Å²) in [7, 11) is -3.59. The summed E-state index contributed by atoms with van der Waals surface area (Å²) in [6.45, 7) is 0.613. The van der Waals surface area contributed by atoms with Gasteiger partial charge in [-0.25, -0.2) is 4.72 Å². The molecule has 8 heteroatoms. The number of rotatable bonds is 6. The Hall–Kier alpha value is -0.700. The van der Waals surface area contributed by atoms with Crippen LogP contribution in [0.3, 0.4) is 0 Å². The largest absolute Gasteiger partial charge is 0.481 e. The number of carboxylic acid groups (broad SMARTS) is 1. The molecule has 2 rings (SSSR count). The Kier molecular flexibility index (Phi) is 3.90. The molecule has 7 nitrogen and oxygen atoms in total. The standard InChI is InChI=1S/C10H18N2O5S/c13-9(14)10(3-5-17-6-4-10)7-11-18(15,16)12-8-1-2-8/h8,11-12H,1-7H2,(H,13,14). The van der Waals surface area contributed by atoms with Gasteiger partial charge in [0.15, 0.2) is 0 Å². The summed E-state index contributed by atoms with van der Waals surface area (Å²) < 4.78 is 33.2. The molecule has 1 saturated heterocycles. The summed E-state index contributed by atoms with van der Waals surface area (Å²) in [6, 6.07) is 0.0120. The molecule has 0 radical (unpaired) electrons. The van der Waals surface area contributed by atoms with E-state index in [2.05, 4.69) is 9.44 Å². The summed E-state index contributed by atoms with van der Waals surface area (Å²) in [4.78, 5) is 11.3. The first-order valence-corrected chi connectivity index (χ1v) is 7.50. The molecule has 0 spiro atoms. The van der Waals surface area contributed by atoms with Gasteiger partial charge in [0.1, 0.15) is 0 Å². The number of aliphatic carboxylic acids is 1. The van der Waals surface area contributed by atoms with E-state index in [9.17, 15) is 18.3 Å². The zero-order valence-corrected chi connectivity index (χ0v) is 10.8. The number of hydrogen-bond acceptors (Lipinski definition) is 4. The third-order valence-electron chi connectivity index (χ3n) is 3.40. The van der Waals surface area contributed by atoms with Crippen LogP contribution in [0, 0.1) is 5.41 Å². The van der Waals surface area contributed by atoms with Crippen molar-refractivity contribution in [3.63, 3.8) is 0 Å². The van der Waals surface area contributed by atoms with Gasteiger partial charge in [0.2, 0.25) is 0 Å². The average molecular weight is 278 g/mol. The molecular formula is C10H18N2O5S. The monoisotopic (exact) mass is 278 g/mol. The Bertz CT molecular complexity index is 412. The van der Waals surface area contributed by atoms with E-state index in [1.807, 2.05) is 0 Å². The van der Waals surface area contributed by atoms with Crippen molar-refractivity contribution < 1.29 is 23.1 Å². The Morgan fingerprint density at radius 3 is 2.44 bits per heavy atom. The van der Waals surface area contributed by atoms with E-state index in [0.717, 1.165) is 12.8 Å². The Labute approximate surface area is 106 Å². The van der Waals surface area contributed by atoms with Crippen molar-refractivity contribution in [3.8, 4) is 0 Å². The van der Waals surface area contributed by atoms with Crippen LogP contribution in [0.25, 0.3) is 0 Å². The molecule has 1 heterocycles. The number of carbonyl (C=O) groups is 1. The molecule has 2 fully saturated rings. The third-order valence-corrected chi connectivity index (χ3v) is 4.57. The van der Waals surface area contributed by atoms with Crippen LogP contribution < -0.4 is 9.44 Å². The number of hydrogen-bond donors (Lipinski definition) is 3. The van der Waals surface area contributed by atoms with Crippen LogP contribution in [0.15, 0.2) is 0 Å². The van der Waals surface area contributed by atoms with E-state index in [1.54, 1.807) is 0 Å². The van der Waals surface area contributed by atoms with Gasteiger partial charge in [-0.15, -0.1) is 0 Å². The molecule has 1 aliphatic heterocycles. The molecule has 0 aromatic carbocycles. The van der Waals surface area contributed by atoms with Gasteiger partial charge in [0, 0.05) is 25.8 Å². The Balaban J connectivity index is 1.94. The first-order valence-electron chi connectivity index (χ1n) is 6.02. The lowest BCUT2D eigenvalue weighted by Gasteiger charge is -2.33. The lowest BCUT2D eigenvalue weighted by molar-refractivity contribution is -0.154. The van der Waals surface area contributed by atoms with E-state index < -0.39 is 21.6 Å². The van der Waals surface area contributed by atoms with Gasteiger partial charge >= 0.3 is 5.97 Å². The topological polar surface area (TPSA) is 105 Å². The first kappa shape index (κ1) is 13.7. The van der Waals surface area contributed by atoms with Crippen LogP contribution in [0.1, 0.15) is 25.7 Å². The SMILES string of the molecule is O=C(O)C1(CNS(=O)(=O)NC2CC2)CCOCC1. The molecule has 0 amide bonds. The van der Waals surface area contributed by atoms with Crippen LogP contribution in [0.5, 0.6) is 0 Å². The molecule has 0 unspecified atom stereocenters. The van der Waals surface area contributed by atoms with Crippen molar-refractivity contribution in [1.29, 1.82) is 0 Å². The second-order valence-corrected chi connectivity index (χ2v) is 6.45. The first-order chi connectivity index (χ1) is 8.44. The van der Waals surface area contributed by atoms with Crippen molar-refractivity contribution in [2.75, 3.05) is 19.8 Å². The minimum atomic E-state index is -3.59. The van der Waals surface area contributed by atoms with Crippen molar-refractivity contribution in [3.05, 3.63) is 0 Å². The molecule has 0 aromatic heterocycles. The quantitative estimate of drug-likeness (QED) is 0.605.